The van der Waals surface area contributed by atoms with Gasteiger partial charge in [0.05, 0.1) is 10.0 Å². The molecule has 1 saturated heterocycles. The number of amides is 2. The largest absolute Gasteiger partial charge is 0.489 e. The number of carboxylic acid groups (broad SMARTS) is 1. The highest BCUT2D eigenvalue weighted by molar-refractivity contribution is 6.42. The molecule has 2 fully saturated rings. The van der Waals surface area contributed by atoms with E-state index >= 15 is 0 Å². The fraction of sp³-hybridized carbons (Fsp3) is 0.347. The highest BCUT2D eigenvalue weighted by atomic mass is 35.5. The molecule has 1 saturated carbocycles. The van der Waals surface area contributed by atoms with Crippen molar-refractivity contribution in [3.63, 3.8) is 0 Å². The number of piperidine rings is 1. The number of fused-ring (bicyclic) bond motifs is 2. The Kier molecular flexibility index (Phi) is 11.6. The molecule has 0 radical (unpaired) electrons. The van der Waals surface area contributed by atoms with Crippen LogP contribution in [0.2, 0.25) is 10.0 Å². The summed E-state index contributed by atoms with van der Waals surface area (Å²) in [7, 11) is 0. The summed E-state index contributed by atoms with van der Waals surface area (Å²) in [5.74, 6) is -0.118. The summed E-state index contributed by atoms with van der Waals surface area (Å²) in [5.41, 5.74) is 8.27. The standard InChI is InChI=1S/C49H48Cl2N4O7/c1-28-29(2)53-17-14-37(28)32-7-4-30(5-8-32)19-41(48(58)59)54-46(56)42-20-34-21-43-44(22-35(34)24-55(42)47(57)38-23-49(38)15-3-16-52-27-49)62-45(26-61-43)33-9-11-36(12-10-33)60-25-31-6-13-39(50)40(51)18-31/h4-14,17-18,21-22,38,41-42,45,52H,3,15-16,19-20,23-27H2,1-2H3,(H,54,56)(H,58,59)/t38-,41+,42+,45-,49?/m1/s1. The van der Waals surface area contributed by atoms with Crippen LogP contribution in [0.25, 0.3) is 11.1 Å². The number of carbonyl (C=O) groups is 3. The minimum Gasteiger partial charge on any atom is -0.489 e. The van der Waals surface area contributed by atoms with E-state index in [4.69, 9.17) is 37.4 Å². The summed E-state index contributed by atoms with van der Waals surface area (Å²) in [6.07, 6.45) is 4.41. The maximum atomic E-state index is 14.5. The summed E-state index contributed by atoms with van der Waals surface area (Å²) in [5, 5.41) is 17.6. The number of rotatable bonds is 11. The Labute approximate surface area is 370 Å². The lowest BCUT2D eigenvalue weighted by atomic mass is 9.90. The number of pyridine rings is 1. The van der Waals surface area contributed by atoms with Crippen molar-refractivity contribution in [2.75, 3.05) is 19.7 Å². The van der Waals surface area contributed by atoms with Crippen LogP contribution in [0.3, 0.4) is 0 Å². The summed E-state index contributed by atoms with van der Waals surface area (Å²) in [6.45, 7) is 6.49. The Morgan fingerprint density at radius 3 is 2.48 bits per heavy atom. The Balaban J connectivity index is 0.912. The van der Waals surface area contributed by atoms with Crippen molar-refractivity contribution < 1.29 is 33.7 Å². The number of aryl methyl sites for hydroxylation is 1. The molecule has 62 heavy (non-hydrogen) atoms. The molecule has 1 aromatic heterocycles. The third kappa shape index (κ3) is 8.58. The van der Waals surface area contributed by atoms with E-state index in [0.29, 0.717) is 33.9 Å². The summed E-state index contributed by atoms with van der Waals surface area (Å²) >= 11 is 12.2. The topological polar surface area (TPSA) is 139 Å². The minimum atomic E-state index is -1.20. The predicted octanol–water partition coefficient (Wildman–Crippen LogP) is 8.22. The SMILES string of the molecule is Cc1nccc(-c2ccc(C[C@H](NC(=O)[C@@H]3Cc4cc5c(cc4CN3C(=O)[C@H]3CC34CCCNC4)O[C@@H](c3ccc(OCc4ccc(Cl)c(Cl)c4)cc3)CO5)C(=O)O)cc2)c1C. The van der Waals surface area contributed by atoms with Gasteiger partial charge in [0, 0.05) is 43.7 Å². The highest BCUT2D eigenvalue weighted by Gasteiger charge is 2.59. The molecule has 320 valence electrons. The van der Waals surface area contributed by atoms with Gasteiger partial charge in [-0.05, 0) is 132 Å². The van der Waals surface area contributed by atoms with E-state index in [1.54, 1.807) is 23.2 Å². The molecule has 1 aliphatic carbocycles. The van der Waals surface area contributed by atoms with Gasteiger partial charge in [-0.15, -0.1) is 0 Å². The molecule has 5 aromatic rings. The Morgan fingerprint density at radius 1 is 0.968 bits per heavy atom. The first-order valence-corrected chi connectivity index (χ1v) is 21.9. The van der Waals surface area contributed by atoms with Crippen molar-refractivity contribution in [2.45, 2.75) is 77.3 Å². The second kappa shape index (κ2) is 17.3. The monoisotopic (exact) mass is 874 g/mol. The normalized spacial score (nSPS) is 21.7. The van der Waals surface area contributed by atoms with E-state index in [1.165, 1.54) is 0 Å². The third-order valence-corrected chi connectivity index (χ3v) is 13.8. The number of hydrogen-bond acceptors (Lipinski definition) is 8. The van der Waals surface area contributed by atoms with E-state index in [9.17, 15) is 19.5 Å². The molecule has 4 aromatic carbocycles. The Hall–Kier alpha value is -5.62. The number of carboxylic acids is 1. The van der Waals surface area contributed by atoms with Crippen molar-refractivity contribution in [1.29, 1.82) is 0 Å². The van der Waals surface area contributed by atoms with Gasteiger partial charge in [0.15, 0.2) is 17.6 Å². The average molecular weight is 876 g/mol. The number of ether oxygens (including phenoxy) is 3. The molecular weight excluding hydrogens is 827 g/mol. The van der Waals surface area contributed by atoms with Gasteiger partial charge in [0.25, 0.3) is 0 Å². The van der Waals surface area contributed by atoms with E-state index in [-0.39, 0.29) is 49.3 Å². The van der Waals surface area contributed by atoms with Crippen LogP contribution in [-0.4, -0.2) is 64.6 Å². The number of halogens is 2. The first kappa shape index (κ1) is 41.7. The second-order valence-electron chi connectivity index (χ2n) is 17.0. The van der Waals surface area contributed by atoms with Gasteiger partial charge < -0.3 is 34.9 Å². The average Bonchev–Trinajstić information content (AvgIpc) is 3.98. The Bertz CT molecular complexity index is 2530. The van der Waals surface area contributed by atoms with Gasteiger partial charge in [0.2, 0.25) is 11.8 Å². The van der Waals surface area contributed by atoms with Crippen LogP contribution in [0.4, 0.5) is 0 Å². The van der Waals surface area contributed by atoms with Gasteiger partial charge in [0.1, 0.15) is 31.0 Å². The number of nitrogens with one attached hydrogen (secondary N) is 2. The van der Waals surface area contributed by atoms with Gasteiger partial charge >= 0.3 is 5.97 Å². The van der Waals surface area contributed by atoms with Crippen LogP contribution in [0, 0.1) is 25.2 Å². The first-order chi connectivity index (χ1) is 29.9. The van der Waals surface area contributed by atoms with Crippen molar-refractivity contribution >= 4 is 41.0 Å². The maximum absolute atomic E-state index is 14.5. The molecule has 11 nitrogen and oxygen atoms in total. The molecule has 0 bridgehead atoms. The molecular formula is C49H48Cl2N4O7. The van der Waals surface area contributed by atoms with Crippen molar-refractivity contribution in [1.82, 2.24) is 20.5 Å². The molecule has 4 aliphatic rings. The molecule has 1 unspecified atom stereocenters. The van der Waals surface area contributed by atoms with Gasteiger partial charge in [-0.2, -0.15) is 0 Å². The van der Waals surface area contributed by atoms with E-state index in [2.05, 4.69) is 15.6 Å². The van der Waals surface area contributed by atoms with Crippen LogP contribution in [-0.2, 0) is 40.4 Å². The fourth-order valence-corrected chi connectivity index (χ4v) is 9.51. The van der Waals surface area contributed by atoms with E-state index < -0.39 is 24.0 Å². The minimum absolute atomic E-state index is 0.0714. The van der Waals surface area contributed by atoms with Gasteiger partial charge in [-0.3, -0.25) is 14.6 Å². The summed E-state index contributed by atoms with van der Waals surface area (Å²) in [4.78, 5) is 47.5. The van der Waals surface area contributed by atoms with Crippen molar-refractivity contribution in [2.24, 2.45) is 11.3 Å². The fourth-order valence-electron chi connectivity index (χ4n) is 9.19. The lowest BCUT2D eigenvalue weighted by Gasteiger charge is -2.38. The summed E-state index contributed by atoms with van der Waals surface area (Å²) in [6, 6.07) is 24.4. The molecule has 4 heterocycles. The van der Waals surface area contributed by atoms with Crippen LogP contribution >= 0.6 is 23.2 Å². The maximum Gasteiger partial charge on any atom is 0.326 e. The molecule has 5 atom stereocenters. The van der Waals surface area contributed by atoms with Crippen molar-refractivity contribution in [3.8, 4) is 28.4 Å². The van der Waals surface area contributed by atoms with E-state index in [0.717, 1.165) is 82.6 Å². The van der Waals surface area contributed by atoms with Crippen LogP contribution in [0.15, 0.2) is 91.1 Å². The van der Waals surface area contributed by atoms with Gasteiger partial charge in [-0.25, -0.2) is 4.79 Å². The third-order valence-electron chi connectivity index (χ3n) is 13.1. The van der Waals surface area contributed by atoms with E-state index in [1.807, 2.05) is 86.6 Å². The highest BCUT2D eigenvalue weighted by Crippen LogP contribution is 2.57. The number of nitrogens with zero attached hydrogens (tertiary/aromatic N) is 2. The predicted molar refractivity (Wildman–Crippen MR) is 236 cm³/mol. The van der Waals surface area contributed by atoms with Crippen molar-refractivity contribution in [3.05, 3.63) is 140 Å². The zero-order chi connectivity index (χ0) is 43.1. The number of carbonyl (C=O) groups excluding carboxylic acids is 2. The number of benzene rings is 4. The molecule has 13 heteroatoms. The molecule has 1 spiro atoms. The number of aromatic nitrogens is 1. The van der Waals surface area contributed by atoms with Gasteiger partial charge in [-0.1, -0.05) is 65.7 Å². The quantitative estimate of drug-likeness (QED) is 0.120. The Morgan fingerprint density at radius 2 is 1.74 bits per heavy atom. The zero-order valence-electron chi connectivity index (χ0n) is 34.6. The summed E-state index contributed by atoms with van der Waals surface area (Å²) < 4.78 is 18.8. The second-order valence-corrected chi connectivity index (χ2v) is 17.9. The number of hydrogen-bond donors (Lipinski definition) is 3. The molecule has 9 rings (SSSR count). The lowest BCUT2D eigenvalue weighted by molar-refractivity contribution is -0.146. The van der Waals surface area contributed by atoms with Crippen LogP contribution in [0.5, 0.6) is 17.2 Å². The first-order valence-electron chi connectivity index (χ1n) is 21.1. The van der Waals surface area contributed by atoms with Crippen LogP contribution < -0.4 is 24.8 Å². The molecule has 3 aliphatic heterocycles. The lowest BCUT2D eigenvalue weighted by Crippen LogP contribution is -2.56. The molecule has 3 N–H and O–H groups in total. The number of aliphatic carboxylic acids is 1. The molecule has 2 amide bonds. The zero-order valence-corrected chi connectivity index (χ0v) is 36.1. The van der Waals surface area contributed by atoms with Crippen LogP contribution in [0.1, 0.15) is 64.4 Å². The smallest absolute Gasteiger partial charge is 0.326 e.